The van der Waals surface area contributed by atoms with Crippen molar-refractivity contribution in [2.24, 2.45) is 0 Å². The van der Waals surface area contributed by atoms with Gasteiger partial charge in [-0.25, -0.2) is 0 Å². The smallest absolute Gasteiger partial charge is 0.390 e. The second kappa shape index (κ2) is 6.61. The van der Waals surface area contributed by atoms with Gasteiger partial charge in [-0.2, -0.15) is 13.2 Å². The second-order valence-electron chi connectivity index (χ2n) is 4.27. The number of halogens is 4. The highest BCUT2D eigenvalue weighted by Crippen LogP contribution is 2.36. The van der Waals surface area contributed by atoms with Crippen molar-refractivity contribution < 1.29 is 17.9 Å². The summed E-state index contributed by atoms with van der Waals surface area (Å²) in [5, 5.41) is 2.86. The van der Waals surface area contributed by atoms with Gasteiger partial charge < -0.3 is 10.1 Å². The Labute approximate surface area is 119 Å². The lowest BCUT2D eigenvalue weighted by Crippen LogP contribution is -2.27. The van der Waals surface area contributed by atoms with Crippen LogP contribution in [0, 0.1) is 6.92 Å². The van der Waals surface area contributed by atoms with Crippen LogP contribution >= 0.6 is 15.9 Å². The molecule has 0 bridgehead atoms. The SMILES string of the molecule is CCNC(CC(F)(F)F)c1cc(Br)c(C)cc1OC. The zero-order valence-electron chi connectivity index (χ0n) is 11.1. The van der Waals surface area contributed by atoms with Crippen LogP contribution < -0.4 is 10.1 Å². The monoisotopic (exact) mass is 339 g/mol. The standard InChI is InChI=1S/C13H17BrF3NO/c1-4-18-11(7-13(15,16)17)9-6-10(14)8(2)5-12(9)19-3/h5-6,11,18H,4,7H2,1-3H3. The topological polar surface area (TPSA) is 21.3 Å². The maximum atomic E-state index is 12.6. The molecule has 0 aliphatic heterocycles. The molecule has 1 aromatic carbocycles. The van der Waals surface area contributed by atoms with Gasteiger partial charge in [-0.05, 0) is 31.2 Å². The summed E-state index contributed by atoms with van der Waals surface area (Å²) in [5.74, 6) is 0.468. The van der Waals surface area contributed by atoms with Gasteiger partial charge in [0.2, 0.25) is 0 Å². The number of aryl methyl sites for hydroxylation is 1. The van der Waals surface area contributed by atoms with Gasteiger partial charge >= 0.3 is 6.18 Å². The van der Waals surface area contributed by atoms with Crippen molar-refractivity contribution in [3.63, 3.8) is 0 Å². The molecular formula is C13H17BrF3NO. The van der Waals surface area contributed by atoms with Gasteiger partial charge in [0.25, 0.3) is 0 Å². The van der Waals surface area contributed by atoms with Gasteiger partial charge in [0.15, 0.2) is 0 Å². The highest BCUT2D eigenvalue weighted by Gasteiger charge is 2.33. The number of hydrogen-bond acceptors (Lipinski definition) is 2. The molecule has 108 valence electrons. The Balaban J connectivity index is 3.17. The highest BCUT2D eigenvalue weighted by molar-refractivity contribution is 9.10. The average Bonchev–Trinajstić information content (AvgIpc) is 2.30. The van der Waals surface area contributed by atoms with E-state index in [0.717, 1.165) is 10.0 Å². The van der Waals surface area contributed by atoms with Gasteiger partial charge in [-0.1, -0.05) is 22.9 Å². The Morgan fingerprint density at radius 1 is 1.37 bits per heavy atom. The van der Waals surface area contributed by atoms with E-state index < -0.39 is 18.6 Å². The first-order valence-corrected chi connectivity index (χ1v) is 6.72. The molecule has 19 heavy (non-hydrogen) atoms. The third-order valence-electron chi connectivity index (χ3n) is 2.77. The van der Waals surface area contributed by atoms with Gasteiger partial charge in [0.1, 0.15) is 5.75 Å². The summed E-state index contributed by atoms with van der Waals surface area (Å²) >= 11 is 3.34. The molecule has 0 amide bonds. The molecule has 0 fully saturated rings. The van der Waals surface area contributed by atoms with E-state index in [-0.39, 0.29) is 0 Å². The van der Waals surface area contributed by atoms with Gasteiger partial charge in [0, 0.05) is 16.1 Å². The molecule has 0 heterocycles. The molecule has 0 spiro atoms. The van der Waals surface area contributed by atoms with Crippen molar-refractivity contribution in [3.8, 4) is 5.75 Å². The maximum absolute atomic E-state index is 12.6. The van der Waals surface area contributed by atoms with Crippen LogP contribution in [-0.4, -0.2) is 19.8 Å². The molecule has 0 radical (unpaired) electrons. The number of nitrogens with one attached hydrogen (secondary N) is 1. The van der Waals surface area contributed by atoms with E-state index in [2.05, 4.69) is 21.2 Å². The summed E-state index contributed by atoms with van der Waals surface area (Å²) in [4.78, 5) is 0. The largest absolute Gasteiger partial charge is 0.496 e. The lowest BCUT2D eigenvalue weighted by atomic mass is 10.0. The number of benzene rings is 1. The minimum atomic E-state index is -4.23. The molecule has 0 aliphatic carbocycles. The van der Waals surface area contributed by atoms with Crippen LogP contribution in [0.2, 0.25) is 0 Å². The third kappa shape index (κ3) is 4.69. The van der Waals surface area contributed by atoms with Gasteiger partial charge in [-0.3, -0.25) is 0 Å². The Hall–Kier alpha value is -0.750. The molecule has 1 aromatic rings. The van der Waals surface area contributed by atoms with Crippen molar-refractivity contribution >= 4 is 15.9 Å². The minimum Gasteiger partial charge on any atom is -0.496 e. The molecule has 6 heteroatoms. The van der Waals surface area contributed by atoms with E-state index in [1.54, 1.807) is 19.1 Å². The predicted molar refractivity (Wildman–Crippen MR) is 72.5 cm³/mol. The first kappa shape index (κ1) is 16.3. The summed E-state index contributed by atoms with van der Waals surface area (Å²) < 4.78 is 43.9. The summed E-state index contributed by atoms with van der Waals surface area (Å²) in [6.45, 7) is 4.09. The average molecular weight is 340 g/mol. The fraction of sp³-hybridized carbons (Fsp3) is 0.538. The van der Waals surface area contributed by atoms with Crippen LogP contribution in [-0.2, 0) is 0 Å². The molecule has 1 rings (SSSR count). The quantitative estimate of drug-likeness (QED) is 0.860. The summed E-state index contributed by atoms with van der Waals surface area (Å²) in [5.41, 5.74) is 1.43. The summed E-state index contributed by atoms with van der Waals surface area (Å²) in [7, 11) is 1.46. The minimum absolute atomic E-state index is 0.454. The fourth-order valence-corrected chi connectivity index (χ4v) is 2.25. The first-order chi connectivity index (χ1) is 8.78. The molecule has 1 unspecified atom stereocenters. The third-order valence-corrected chi connectivity index (χ3v) is 3.63. The number of hydrogen-bond donors (Lipinski definition) is 1. The molecule has 0 saturated carbocycles. The van der Waals surface area contributed by atoms with E-state index in [0.29, 0.717) is 17.9 Å². The van der Waals surface area contributed by atoms with Crippen LogP contribution in [0.4, 0.5) is 13.2 Å². The number of alkyl halides is 3. The zero-order valence-corrected chi connectivity index (χ0v) is 12.7. The van der Waals surface area contributed by atoms with Crippen LogP contribution in [0.1, 0.15) is 30.5 Å². The van der Waals surface area contributed by atoms with E-state index in [1.807, 2.05) is 6.92 Å². The normalized spacial score (nSPS) is 13.4. The first-order valence-electron chi connectivity index (χ1n) is 5.92. The fourth-order valence-electron chi connectivity index (χ4n) is 1.89. The molecule has 0 aliphatic rings. The van der Waals surface area contributed by atoms with Crippen molar-refractivity contribution in [1.29, 1.82) is 0 Å². The van der Waals surface area contributed by atoms with Crippen molar-refractivity contribution in [1.82, 2.24) is 5.32 Å². The van der Waals surface area contributed by atoms with Gasteiger partial charge in [-0.15, -0.1) is 0 Å². The Kier molecular flexibility index (Phi) is 5.67. The lowest BCUT2D eigenvalue weighted by molar-refractivity contribution is -0.140. The van der Waals surface area contributed by atoms with Crippen molar-refractivity contribution in [2.45, 2.75) is 32.5 Å². The Morgan fingerprint density at radius 3 is 2.47 bits per heavy atom. The molecule has 1 atom stereocenters. The van der Waals surface area contributed by atoms with E-state index in [9.17, 15) is 13.2 Å². The molecule has 0 aromatic heterocycles. The number of methoxy groups -OCH3 is 1. The van der Waals surface area contributed by atoms with Crippen molar-refractivity contribution in [3.05, 3.63) is 27.7 Å². The van der Waals surface area contributed by atoms with Crippen molar-refractivity contribution in [2.75, 3.05) is 13.7 Å². The zero-order chi connectivity index (χ0) is 14.6. The number of ether oxygens (including phenoxy) is 1. The van der Waals surface area contributed by atoms with E-state index in [1.165, 1.54) is 7.11 Å². The number of rotatable bonds is 5. The van der Waals surface area contributed by atoms with E-state index in [4.69, 9.17) is 4.74 Å². The maximum Gasteiger partial charge on any atom is 0.390 e. The van der Waals surface area contributed by atoms with Crippen LogP contribution in [0.15, 0.2) is 16.6 Å². The van der Waals surface area contributed by atoms with Gasteiger partial charge in [0.05, 0.1) is 13.5 Å². The molecule has 1 N–H and O–H groups in total. The Morgan fingerprint density at radius 2 is 2.00 bits per heavy atom. The predicted octanol–water partition coefficient (Wildman–Crippen LogP) is 4.37. The van der Waals surface area contributed by atoms with Crippen LogP contribution in [0.25, 0.3) is 0 Å². The summed E-state index contributed by atoms with van der Waals surface area (Å²) in [6, 6.07) is 2.62. The lowest BCUT2D eigenvalue weighted by Gasteiger charge is -2.23. The summed E-state index contributed by atoms with van der Waals surface area (Å²) in [6.07, 6.45) is -5.15. The Bertz CT molecular complexity index is 435. The van der Waals surface area contributed by atoms with E-state index >= 15 is 0 Å². The molecule has 0 saturated heterocycles. The molecular weight excluding hydrogens is 323 g/mol. The molecule has 2 nitrogen and oxygen atoms in total. The van der Waals surface area contributed by atoms with Crippen LogP contribution in [0.5, 0.6) is 5.75 Å². The highest BCUT2D eigenvalue weighted by atomic mass is 79.9. The second-order valence-corrected chi connectivity index (χ2v) is 5.13. The van der Waals surface area contributed by atoms with Crippen LogP contribution in [0.3, 0.4) is 0 Å².